The number of hydrogen-bond donors (Lipinski definition) is 2. The molecule has 0 atom stereocenters. The second kappa shape index (κ2) is 12.5. The number of carbonyl (C=O) groups is 2. The topological polar surface area (TPSA) is 93.7 Å². The van der Waals surface area contributed by atoms with Gasteiger partial charge in [-0.1, -0.05) is 30.3 Å². The number of rotatable bonds is 8. The summed E-state index contributed by atoms with van der Waals surface area (Å²) in [4.78, 5) is 38.0. The molecule has 1 aliphatic heterocycles. The van der Waals surface area contributed by atoms with Gasteiger partial charge < -0.3 is 15.5 Å². The molecule has 5 rings (SSSR count). The standard InChI is InChI=1S/C31H28F5N7O2/c1-18-16-20(42(28(44)31(34,35)36)19-8-5-4-6-9-19)12-13-21(18)25-22-17-38-30(45)43(26-23(32)10-7-11-24(26)33)27(22)40-29(39-25)37-14-15-41(2)3/h4-13,16H,14-15,17H2,1-3H3,(H,38,45)(H,37,39,40). The maximum absolute atomic E-state index is 15.0. The van der Waals surface area contributed by atoms with E-state index in [9.17, 15) is 31.5 Å². The number of amides is 3. The molecule has 4 aromatic rings. The Morgan fingerprint density at radius 1 is 0.978 bits per heavy atom. The van der Waals surface area contributed by atoms with Crippen LogP contribution < -0.4 is 20.4 Å². The molecule has 0 radical (unpaired) electrons. The highest BCUT2D eigenvalue weighted by Crippen LogP contribution is 2.40. The SMILES string of the molecule is Cc1cc(N(C(=O)C(F)(F)F)c2ccccc2)ccc1-c1nc(NCCN(C)C)nc2c1CNC(=O)N2c1c(F)cccc1F. The van der Waals surface area contributed by atoms with Gasteiger partial charge in [-0.25, -0.2) is 23.5 Å². The summed E-state index contributed by atoms with van der Waals surface area (Å²) in [6, 6.07) is 14.1. The van der Waals surface area contributed by atoms with Crippen molar-refractivity contribution in [1.82, 2.24) is 20.2 Å². The fourth-order valence-corrected chi connectivity index (χ4v) is 4.90. The molecule has 0 aliphatic carbocycles. The number of carbonyl (C=O) groups excluding carboxylic acids is 2. The van der Waals surface area contributed by atoms with E-state index in [1.54, 1.807) is 13.0 Å². The fourth-order valence-electron chi connectivity index (χ4n) is 4.90. The summed E-state index contributed by atoms with van der Waals surface area (Å²) in [5.74, 6) is -4.06. The minimum absolute atomic E-state index is 0.0176. The van der Waals surface area contributed by atoms with E-state index in [4.69, 9.17) is 0 Å². The number of urea groups is 1. The molecule has 0 unspecified atom stereocenters. The number of hydrogen-bond acceptors (Lipinski definition) is 6. The normalized spacial score (nSPS) is 13.0. The van der Waals surface area contributed by atoms with Gasteiger partial charge in [0.15, 0.2) is 5.82 Å². The smallest absolute Gasteiger partial charge is 0.353 e. The number of halogens is 5. The zero-order valence-corrected chi connectivity index (χ0v) is 24.4. The van der Waals surface area contributed by atoms with Crippen LogP contribution in [-0.4, -0.2) is 60.2 Å². The molecule has 2 N–H and O–H groups in total. The van der Waals surface area contributed by atoms with E-state index in [1.807, 2.05) is 19.0 Å². The first kappa shape index (κ1) is 31.3. The zero-order valence-electron chi connectivity index (χ0n) is 24.4. The third-order valence-electron chi connectivity index (χ3n) is 7.00. The summed E-state index contributed by atoms with van der Waals surface area (Å²) in [5.41, 5.74) is 0.805. The number of nitrogens with one attached hydrogen (secondary N) is 2. The van der Waals surface area contributed by atoms with Crippen LogP contribution in [0.25, 0.3) is 11.3 Å². The van der Waals surface area contributed by atoms with Gasteiger partial charge >= 0.3 is 18.1 Å². The van der Waals surface area contributed by atoms with Crippen LogP contribution in [0.3, 0.4) is 0 Å². The van der Waals surface area contributed by atoms with Crippen LogP contribution in [-0.2, 0) is 11.3 Å². The summed E-state index contributed by atoms with van der Waals surface area (Å²) >= 11 is 0. The van der Waals surface area contributed by atoms with E-state index in [0.717, 1.165) is 17.0 Å². The highest BCUT2D eigenvalue weighted by molar-refractivity contribution is 6.04. The number of alkyl halides is 3. The lowest BCUT2D eigenvalue weighted by Crippen LogP contribution is -2.43. The maximum Gasteiger partial charge on any atom is 0.472 e. The first-order chi connectivity index (χ1) is 21.4. The zero-order chi connectivity index (χ0) is 32.5. The van der Waals surface area contributed by atoms with Crippen LogP contribution in [0.2, 0.25) is 0 Å². The van der Waals surface area contributed by atoms with E-state index >= 15 is 0 Å². The fraction of sp³-hybridized carbons (Fsp3) is 0.226. The lowest BCUT2D eigenvalue weighted by atomic mass is 9.99. The number of nitrogens with zero attached hydrogens (tertiary/aromatic N) is 5. The van der Waals surface area contributed by atoms with Crippen molar-refractivity contribution in [2.75, 3.05) is 42.3 Å². The first-order valence-corrected chi connectivity index (χ1v) is 13.8. The van der Waals surface area contributed by atoms with E-state index in [2.05, 4.69) is 20.6 Å². The van der Waals surface area contributed by atoms with Crippen molar-refractivity contribution in [3.63, 3.8) is 0 Å². The molecule has 14 heteroatoms. The van der Waals surface area contributed by atoms with Crippen molar-refractivity contribution in [2.45, 2.75) is 19.6 Å². The second-order valence-corrected chi connectivity index (χ2v) is 10.5. The van der Waals surface area contributed by atoms with Crippen LogP contribution >= 0.6 is 0 Å². The Kier molecular flexibility index (Phi) is 8.68. The van der Waals surface area contributed by atoms with Gasteiger partial charge in [0, 0.05) is 35.6 Å². The van der Waals surface area contributed by atoms with Gasteiger partial charge in [-0.3, -0.25) is 9.69 Å². The average molecular weight is 626 g/mol. The molecular formula is C31H28F5N7O2. The Hall–Kier alpha value is -5.11. The van der Waals surface area contributed by atoms with Crippen molar-refractivity contribution < 1.29 is 31.5 Å². The molecular weight excluding hydrogens is 597 g/mol. The molecule has 9 nitrogen and oxygen atoms in total. The number of anilines is 5. The van der Waals surface area contributed by atoms with Gasteiger partial charge in [-0.05, 0) is 63.0 Å². The second-order valence-electron chi connectivity index (χ2n) is 10.5. The molecule has 1 aromatic heterocycles. The average Bonchev–Trinajstić information content (AvgIpc) is 2.98. The third kappa shape index (κ3) is 6.41. The Labute approximate surface area is 255 Å². The third-order valence-corrected chi connectivity index (χ3v) is 7.00. The number of para-hydroxylation sites is 2. The summed E-state index contributed by atoms with van der Waals surface area (Å²) < 4.78 is 70.9. The van der Waals surface area contributed by atoms with E-state index in [-0.39, 0.29) is 35.4 Å². The number of likely N-dealkylation sites (N-methyl/N-ethyl adjacent to an activating group) is 1. The van der Waals surface area contributed by atoms with Crippen LogP contribution in [0.15, 0.2) is 66.7 Å². The van der Waals surface area contributed by atoms with Gasteiger partial charge in [0.05, 0.1) is 12.2 Å². The van der Waals surface area contributed by atoms with Gasteiger partial charge in [-0.15, -0.1) is 0 Å². The van der Waals surface area contributed by atoms with E-state index in [1.165, 1.54) is 48.5 Å². The number of benzene rings is 3. The van der Waals surface area contributed by atoms with Crippen molar-refractivity contribution >= 4 is 40.8 Å². The summed E-state index contributed by atoms with van der Waals surface area (Å²) in [7, 11) is 3.72. The minimum Gasteiger partial charge on any atom is -0.353 e. The predicted molar refractivity (Wildman–Crippen MR) is 160 cm³/mol. The van der Waals surface area contributed by atoms with Crippen LogP contribution in [0.4, 0.5) is 55.6 Å². The molecule has 0 spiro atoms. The largest absolute Gasteiger partial charge is 0.472 e. The molecule has 0 saturated heterocycles. The number of aryl methyl sites for hydroxylation is 1. The highest BCUT2D eigenvalue weighted by atomic mass is 19.4. The van der Waals surface area contributed by atoms with Crippen molar-refractivity contribution in [1.29, 1.82) is 0 Å². The summed E-state index contributed by atoms with van der Waals surface area (Å²) in [6.45, 7) is 2.49. The molecule has 0 fully saturated rings. The Morgan fingerprint density at radius 3 is 2.29 bits per heavy atom. The van der Waals surface area contributed by atoms with Gasteiger partial charge in [-0.2, -0.15) is 18.2 Å². The van der Waals surface area contributed by atoms with Crippen LogP contribution in [0.5, 0.6) is 0 Å². The van der Waals surface area contributed by atoms with Crippen molar-refractivity contribution in [2.24, 2.45) is 0 Å². The molecule has 234 valence electrons. The van der Waals surface area contributed by atoms with E-state index < -0.39 is 35.4 Å². The minimum atomic E-state index is -5.15. The maximum atomic E-state index is 15.0. The Balaban J connectivity index is 1.67. The Morgan fingerprint density at radius 2 is 1.67 bits per heavy atom. The Bertz CT molecular complexity index is 1730. The van der Waals surface area contributed by atoms with E-state index in [0.29, 0.717) is 34.7 Å². The molecule has 3 aromatic carbocycles. The molecule has 45 heavy (non-hydrogen) atoms. The molecule has 0 bridgehead atoms. The predicted octanol–water partition coefficient (Wildman–Crippen LogP) is 6.29. The number of fused-ring (bicyclic) bond motifs is 1. The van der Waals surface area contributed by atoms with Gasteiger partial charge in [0.1, 0.15) is 17.3 Å². The first-order valence-electron chi connectivity index (χ1n) is 13.8. The lowest BCUT2D eigenvalue weighted by Gasteiger charge is -2.31. The van der Waals surface area contributed by atoms with Crippen molar-refractivity contribution in [3.8, 4) is 11.3 Å². The molecule has 0 saturated carbocycles. The van der Waals surface area contributed by atoms with Crippen molar-refractivity contribution in [3.05, 3.63) is 89.5 Å². The summed E-state index contributed by atoms with van der Waals surface area (Å²) in [6.07, 6.45) is -5.15. The molecule has 3 amide bonds. The highest BCUT2D eigenvalue weighted by Gasteiger charge is 2.44. The van der Waals surface area contributed by atoms with Gasteiger partial charge in [0.2, 0.25) is 5.95 Å². The van der Waals surface area contributed by atoms with Crippen LogP contribution in [0.1, 0.15) is 11.1 Å². The lowest BCUT2D eigenvalue weighted by molar-refractivity contribution is -0.169. The molecule has 1 aliphatic rings. The number of aromatic nitrogens is 2. The van der Waals surface area contributed by atoms with Crippen LogP contribution in [0, 0.1) is 18.6 Å². The monoisotopic (exact) mass is 625 g/mol. The van der Waals surface area contributed by atoms with Gasteiger partial charge in [0.25, 0.3) is 0 Å². The molecule has 2 heterocycles. The quantitative estimate of drug-likeness (QED) is 0.224. The summed E-state index contributed by atoms with van der Waals surface area (Å²) in [5, 5.41) is 5.67.